The number of aryl methyl sites for hydroxylation is 1. The fraction of sp³-hybridized carbons (Fsp3) is 0.320. The van der Waals surface area contributed by atoms with E-state index in [4.69, 9.17) is 23.9 Å². The van der Waals surface area contributed by atoms with E-state index in [1.807, 2.05) is 11.0 Å². The number of allylic oxidation sites excluding steroid dienone is 1. The Hall–Kier alpha value is -3.91. The highest BCUT2D eigenvalue weighted by molar-refractivity contribution is 6.34. The molecule has 2 aliphatic rings. The molecule has 190 valence electrons. The third-order valence-electron chi connectivity index (χ3n) is 6.62. The number of anilines is 2. The van der Waals surface area contributed by atoms with E-state index in [0.717, 1.165) is 18.4 Å². The quantitative estimate of drug-likeness (QED) is 0.489. The van der Waals surface area contributed by atoms with Crippen LogP contribution in [0, 0.1) is 13.5 Å². The van der Waals surface area contributed by atoms with Crippen molar-refractivity contribution in [2.24, 2.45) is 0 Å². The van der Waals surface area contributed by atoms with Gasteiger partial charge in [0.15, 0.2) is 0 Å². The molecule has 1 unspecified atom stereocenters. The molecule has 0 radical (unpaired) electrons. The number of carbonyl (C=O) groups is 1. The van der Waals surface area contributed by atoms with Crippen molar-refractivity contribution in [3.05, 3.63) is 63.7 Å². The number of nitrogens with two attached hydrogens (primary N) is 1. The molecule has 3 aromatic rings. The molecule has 8 nitrogen and oxygen atoms in total. The summed E-state index contributed by atoms with van der Waals surface area (Å²) in [5.74, 6) is 0.308. The van der Waals surface area contributed by atoms with Gasteiger partial charge in [-0.15, -0.1) is 0 Å². The summed E-state index contributed by atoms with van der Waals surface area (Å²) >= 11 is 6.52. The molecule has 0 saturated carbocycles. The minimum atomic E-state index is -4.67. The fourth-order valence-electron chi connectivity index (χ4n) is 4.72. The first-order valence-corrected chi connectivity index (χ1v) is 11.9. The number of fused-ring (bicyclic) bond motifs is 1. The molecule has 1 aliphatic carbocycles. The molecule has 12 heteroatoms. The number of amides is 1. The van der Waals surface area contributed by atoms with Crippen molar-refractivity contribution in [3.63, 3.8) is 0 Å². The molecule has 37 heavy (non-hydrogen) atoms. The maximum Gasteiger partial charge on any atom is 0.418 e. The molecular weight excluding hydrogens is 507 g/mol. The molecule has 1 aliphatic heterocycles. The van der Waals surface area contributed by atoms with Crippen LogP contribution in [0.25, 0.3) is 27.0 Å². The zero-order valence-corrected chi connectivity index (χ0v) is 20.4. The normalized spacial score (nSPS) is 17.8. The van der Waals surface area contributed by atoms with Gasteiger partial charge < -0.3 is 10.6 Å². The van der Waals surface area contributed by atoms with Gasteiger partial charge in [-0.05, 0) is 43.5 Å². The van der Waals surface area contributed by atoms with Crippen LogP contribution in [-0.4, -0.2) is 51.6 Å². The van der Waals surface area contributed by atoms with Gasteiger partial charge in [0.2, 0.25) is 0 Å². The Labute approximate surface area is 215 Å². The Morgan fingerprint density at radius 1 is 1.24 bits per heavy atom. The summed E-state index contributed by atoms with van der Waals surface area (Å²) in [5, 5.41) is 0.537. The second-order valence-electron chi connectivity index (χ2n) is 8.95. The number of pyridine rings is 1. The van der Waals surface area contributed by atoms with Gasteiger partial charge in [0.05, 0.1) is 21.8 Å². The highest BCUT2D eigenvalue weighted by Crippen LogP contribution is 2.42. The second-order valence-corrected chi connectivity index (χ2v) is 9.36. The number of piperazine rings is 1. The predicted molar refractivity (Wildman–Crippen MR) is 134 cm³/mol. The molecule has 0 spiro atoms. The van der Waals surface area contributed by atoms with Crippen LogP contribution in [0.5, 0.6) is 0 Å². The van der Waals surface area contributed by atoms with E-state index >= 15 is 0 Å². The summed E-state index contributed by atoms with van der Waals surface area (Å²) in [5.41, 5.74) is 5.56. The van der Waals surface area contributed by atoms with Crippen molar-refractivity contribution in [3.8, 4) is 11.3 Å². The highest BCUT2D eigenvalue weighted by atomic mass is 35.5. The number of rotatable bonds is 3. The van der Waals surface area contributed by atoms with Gasteiger partial charge in [-0.3, -0.25) is 14.5 Å². The van der Waals surface area contributed by atoms with E-state index in [1.54, 1.807) is 4.90 Å². The number of hydrogen-bond acceptors (Lipinski definition) is 6. The summed E-state index contributed by atoms with van der Waals surface area (Å²) in [6.45, 7) is 9.94. The van der Waals surface area contributed by atoms with Crippen LogP contribution in [0.3, 0.4) is 0 Å². The van der Waals surface area contributed by atoms with E-state index in [0.29, 0.717) is 29.8 Å². The van der Waals surface area contributed by atoms with Crippen molar-refractivity contribution < 1.29 is 18.0 Å². The average molecular weight is 528 g/mol. The first-order valence-electron chi connectivity index (χ1n) is 11.5. The molecule has 0 bridgehead atoms. The van der Waals surface area contributed by atoms with Crippen LogP contribution in [0.2, 0.25) is 5.02 Å². The largest absolute Gasteiger partial charge is 0.418 e. The third-order valence-corrected chi connectivity index (χ3v) is 6.93. The molecule has 1 saturated heterocycles. The lowest BCUT2D eigenvalue weighted by Crippen LogP contribution is -2.54. The highest BCUT2D eigenvalue weighted by Gasteiger charge is 2.39. The first-order chi connectivity index (χ1) is 17.6. The maximum absolute atomic E-state index is 13.9. The van der Waals surface area contributed by atoms with E-state index in [1.165, 1.54) is 31.5 Å². The topological polar surface area (TPSA) is 92.6 Å². The molecule has 3 heterocycles. The number of alkyl halides is 3. The van der Waals surface area contributed by atoms with Gasteiger partial charge in [0, 0.05) is 29.6 Å². The Balaban J connectivity index is 1.54. The fourth-order valence-corrected chi connectivity index (χ4v) is 4.97. The van der Waals surface area contributed by atoms with Crippen LogP contribution in [0.1, 0.15) is 24.0 Å². The third kappa shape index (κ3) is 4.42. The Morgan fingerprint density at radius 3 is 2.65 bits per heavy atom. The number of aromatic nitrogens is 3. The monoisotopic (exact) mass is 527 g/mol. The Morgan fingerprint density at radius 2 is 2.00 bits per heavy atom. The van der Waals surface area contributed by atoms with Crippen LogP contribution in [0.4, 0.5) is 24.8 Å². The van der Waals surface area contributed by atoms with Crippen molar-refractivity contribution in [2.75, 3.05) is 30.3 Å². The van der Waals surface area contributed by atoms with E-state index in [-0.39, 0.29) is 40.1 Å². The molecule has 2 aromatic heterocycles. The van der Waals surface area contributed by atoms with Gasteiger partial charge in [-0.2, -0.15) is 13.2 Å². The zero-order chi connectivity index (χ0) is 26.5. The zero-order valence-electron chi connectivity index (χ0n) is 19.7. The maximum atomic E-state index is 13.9. The van der Waals surface area contributed by atoms with Gasteiger partial charge in [0.1, 0.15) is 24.5 Å². The van der Waals surface area contributed by atoms with Crippen molar-refractivity contribution in [1.29, 1.82) is 0 Å². The summed E-state index contributed by atoms with van der Waals surface area (Å²) in [6.07, 6.45) is -0.587. The van der Waals surface area contributed by atoms with Gasteiger partial charge in [-0.1, -0.05) is 17.7 Å². The minimum absolute atomic E-state index is 0.0269. The number of carbonyl (C=O) groups excluding carboxylic acids is 1. The molecule has 1 aromatic carbocycles. The molecule has 2 N–H and O–H groups in total. The van der Waals surface area contributed by atoms with E-state index in [2.05, 4.69) is 19.8 Å². The first kappa shape index (κ1) is 24.8. The SMILES string of the molecule is [C-]#[N+]C1CN(c2ncnc3cc(-c4nc(N)cc(C)c4C(F)(F)F)c(Cl)cc23)CCN1C(=O)C1=CCC1. The second kappa shape index (κ2) is 9.19. The summed E-state index contributed by atoms with van der Waals surface area (Å²) in [4.78, 5) is 32.4. The van der Waals surface area contributed by atoms with Crippen LogP contribution in [-0.2, 0) is 11.0 Å². The van der Waals surface area contributed by atoms with Gasteiger partial charge in [0.25, 0.3) is 5.91 Å². The number of nitrogen functional groups attached to an aromatic ring is 1. The van der Waals surface area contributed by atoms with Gasteiger partial charge in [-0.25, -0.2) is 21.5 Å². The van der Waals surface area contributed by atoms with Crippen LogP contribution >= 0.6 is 11.6 Å². The molecular formula is C25H21ClF3N7O. The van der Waals surface area contributed by atoms with Crippen LogP contribution < -0.4 is 10.6 Å². The molecule has 1 atom stereocenters. The Bertz CT molecular complexity index is 1500. The predicted octanol–water partition coefficient (Wildman–Crippen LogP) is 4.87. The lowest BCUT2D eigenvalue weighted by atomic mass is 9.97. The smallest absolute Gasteiger partial charge is 0.384 e. The standard InChI is InChI=1S/C25H21ClF3N7O/c1-13-8-19(30)34-22(21(13)25(27,28)29)15-10-18-16(9-17(15)26)23(33-12-32-18)35-6-7-36(20(11-35)31-2)24(37)14-4-3-5-14/h4,8-10,12,20H,3,5-7,11H2,1H3,(H2,30,34). The summed E-state index contributed by atoms with van der Waals surface area (Å²) < 4.78 is 41.7. The van der Waals surface area contributed by atoms with Crippen LogP contribution in [0.15, 0.2) is 36.2 Å². The summed E-state index contributed by atoms with van der Waals surface area (Å²) in [6, 6.07) is 4.11. The van der Waals surface area contributed by atoms with E-state index in [9.17, 15) is 18.0 Å². The minimum Gasteiger partial charge on any atom is -0.384 e. The average Bonchev–Trinajstić information content (AvgIpc) is 2.80. The van der Waals surface area contributed by atoms with Gasteiger partial charge >= 0.3 is 12.3 Å². The van der Waals surface area contributed by atoms with Crippen molar-refractivity contribution in [2.45, 2.75) is 32.1 Å². The van der Waals surface area contributed by atoms with Crippen molar-refractivity contribution in [1.82, 2.24) is 19.9 Å². The molecule has 1 fully saturated rings. The lowest BCUT2D eigenvalue weighted by molar-refractivity contribution is -0.137. The summed E-state index contributed by atoms with van der Waals surface area (Å²) in [7, 11) is 0. The number of halogens is 4. The van der Waals surface area contributed by atoms with Crippen molar-refractivity contribution >= 4 is 40.0 Å². The lowest BCUT2D eigenvalue weighted by Gasteiger charge is -2.37. The molecule has 5 rings (SSSR count). The number of hydrogen-bond donors (Lipinski definition) is 1. The number of nitrogens with zero attached hydrogens (tertiary/aromatic N) is 6. The number of benzene rings is 1. The Kier molecular flexibility index (Phi) is 6.15. The van der Waals surface area contributed by atoms with E-state index < -0.39 is 17.9 Å². The molecule has 1 amide bonds.